The summed E-state index contributed by atoms with van der Waals surface area (Å²) in [7, 11) is 0. The smallest absolute Gasteiger partial charge is 0.251 e. The molecule has 1 N–H and O–H groups in total. The van der Waals surface area contributed by atoms with Crippen molar-refractivity contribution in [2.45, 2.75) is 50.1 Å². The number of amides is 1. The third-order valence-corrected chi connectivity index (χ3v) is 7.31. The van der Waals surface area contributed by atoms with E-state index in [9.17, 15) is 4.79 Å². The molecule has 0 bridgehead atoms. The van der Waals surface area contributed by atoms with Gasteiger partial charge in [0.2, 0.25) is 0 Å². The van der Waals surface area contributed by atoms with Crippen LogP contribution in [-0.2, 0) is 18.7 Å². The largest absolute Gasteiger partial charge is 0.345 e. The Labute approximate surface area is 226 Å². The fourth-order valence-corrected chi connectivity index (χ4v) is 5.08. The molecule has 0 saturated heterocycles. The molecule has 8 heteroatoms. The summed E-state index contributed by atoms with van der Waals surface area (Å²) in [6.07, 6.45) is 4.60. The average Bonchev–Trinajstić information content (AvgIpc) is 3.31. The molecule has 3 aromatic carbocycles. The normalized spacial score (nSPS) is 11.0. The summed E-state index contributed by atoms with van der Waals surface area (Å²) in [5, 5.41) is 13.5. The van der Waals surface area contributed by atoms with E-state index in [2.05, 4.69) is 34.6 Å². The summed E-state index contributed by atoms with van der Waals surface area (Å²) >= 11 is 14.4. The molecular formula is C28H28Cl2N4OS. The summed E-state index contributed by atoms with van der Waals surface area (Å²) in [6, 6.07) is 23.2. The maximum atomic E-state index is 12.9. The van der Waals surface area contributed by atoms with E-state index in [1.807, 2.05) is 47.0 Å². The van der Waals surface area contributed by atoms with Crippen molar-refractivity contribution in [3.05, 3.63) is 105 Å². The second-order valence-corrected chi connectivity index (χ2v) is 10.2. The molecule has 1 amide bonds. The van der Waals surface area contributed by atoms with Crippen LogP contribution in [0.4, 0.5) is 0 Å². The molecule has 36 heavy (non-hydrogen) atoms. The highest BCUT2D eigenvalue weighted by molar-refractivity contribution is 7.98. The quantitative estimate of drug-likeness (QED) is 0.158. The monoisotopic (exact) mass is 538 g/mol. The number of nitrogens with one attached hydrogen (secondary N) is 1. The van der Waals surface area contributed by atoms with E-state index in [0.717, 1.165) is 12.8 Å². The third-order valence-electron chi connectivity index (χ3n) is 5.75. The van der Waals surface area contributed by atoms with Crippen LogP contribution in [0.5, 0.6) is 0 Å². The number of thioether (sulfide) groups is 1. The van der Waals surface area contributed by atoms with Crippen LogP contribution in [0.1, 0.15) is 53.5 Å². The minimum absolute atomic E-state index is 0.166. The summed E-state index contributed by atoms with van der Waals surface area (Å²) in [5.41, 5.74) is 3.70. The van der Waals surface area contributed by atoms with E-state index in [1.54, 1.807) is 30.0 Å². The van der Waals surface area contributed by atoms with Gasteiger partial charge in [0.15, 0.2) is 11.0 Å². The Bertz CT molecular complexity index is 1290. The molecule has 0 aliphatic carbocycles. The van der Waals surface area contributed by atoms with Crippen LogP contribution in [-0.4, -0.2) is 20.7 Å². The van der Waals surface area contributed by atoms with Gasteiger partial charge in [-0.25, -0.2) is 0 Å². The standard InChI is InChI=1S/C28H28Cl2N4OS/c1-2-3-5-8-20-11-13-22(14-12-20)27(35)31-18-26-32-33-28(36-19-21-9-6-4-7-10-21)34(26)25-17-23(29)15-16-24(25)30/h4,6-7,9-17H,2-3,5,8,18-19H2,1H3,(H,31,35). The Morgan fingerprint density at radius 1 is 0.944 bits per heavy atom. The number of halogens is 2. The Hall–Kier alpha value is -2.80. The van der Waals surface area contributed by atoms with Crippen LogP contribution in [0.15, 0.2) is 78.0 Å². The highest BCUT2D eigenvalue weighted by atomic mass is 35.5. The number of unbranched alkanes of at least 4 members (excludes halogenated alkanes) is 2. The van der Waals surface area contributed by atoms with Crippen molar-refractivity contribution >= 4 is 40.9 Å². The van der Waals surface area contributed by atoms with Crippen molar-refractivity contribution in [2.24, 2.45) is 0 Å². The second-order valence-electron chi connectivity index (χ2n) is 8.44. The molecule has 4 aromatic rings. The number of hydrogen-bond donors (Lipinski definition) is 1. The van der Waals surface area contributed by atoms with Crippen LogP contribution in [0.3, 0.4) is 0 Å². The SMILES string of the molecule is CCCCCc1ccc(C(=O)NCc2nnc(SCc3ccccc3)n2-c2cc(Cl)ccc2Cl)cc1. The van der Waals surface area contributed by atoms with E-state index in [0.29, 0.717) is 38.0 Å². The van der Waals surface area contributed by atoms with Gasteiger partial charge in [0.1, 0.15) is 0 Å². The molecule has 1 aromatic heterocycles. The fourth-order valence-electron chi connectivity index (χ4n) is 3.79. The van der Waals surface area contributed by atoms with Crippen molar-refractivity contribution in [3.63, 3.8) is 0 Å². The lowest BCUT2D eigenvalue weighted by Gasteiger charge is -2.13. The molecule has 0 saturated carbocycles. The summed E-state index contributed by atoms with van der Waals surface area (Å²) in [6.45, 7) is 2.39. The van der Waals surface area contributed by atoms with E-state index in [1.165, 1.54) is 24.0 Å². The number of carbonyl (C=O) groups is 1. The lowest BCUT2D eigenvalue weighted by Crippen LogP contribution is -2.24. The number of benzene rings is 3. The molecule has 0 aliphatic rings. The number of hydrogen-bond acceptors (Lipinski definition) is 4. The van der Waals surface area contributed by atoms with Crippen LogP contribution in [0, 0.1) is 0 Å². The zero-order valence-electron chi connectivity index (χ0n) is 20.1. The molecule has 0 spiro atoms. The summed E-state index contributed by atoms with van der Waals surface area (Å²) in [4.78, 5) is 12.9. The predicted octanol–water partition coefficient (Wildman–Crippen LogP) is 7.53. The van der Waals surface area contributed by atoms with Crippen molar-refractivity contribution in [1.82, 2.24) is 20.1 Å². The number of rotatable bonds is 11. The third kappa shape index (κ3) is 6.90. The molecule has 0 aliphatic heterocycles. The highest BCUT2D eigenvalue weighted by Crippen LogP contribution is 2.31. The van der Waals surface area contributed by atoms with Crippen LogP contribution in [0.2, 0.25) is 10.0 Å². The Morgan fingerprint density at radius 3 is 2.47 bits per heavy atom. The lowest BCUT2D eigenvalue weighted by molar-refractivity contribution is 0.0949. The first-order valence-electron chi connectivity index (χ1n) is 12.0. The van der Waals surface area contributed by atoms with Gasteiger partial charge >= 0.3 is 0 Å². The van der Waals surface area contributed by atoms with E-state index < -0.39 is 0 Å². The second kappa shape index (κ2) is 12.9. The van der Waals surface area contributed by atoms with E-state index in [-0.39, 0.29) is 12.5 Å². The maximum Gasteiger partial charge on any atom is 0.251 e. The fraction of sp³-hybridized carbons (Fsp3) is 0.250. The first-order valence-corrected chi connectivity index (χ1v) is 13.7. The average molecular weight is 540 g/mol. The van der Waals surface area contributed by atoms with Gasteiger partial charge in [-0.2, -0.15) is 0 Å². The van der Waals surface area contributed by atoms with Crippen molar-refractivity contribution in [1.29, 1.82) is 0 Å². The molecule has 4 rings (SSSR count). The Balaban J connectivity index is 1.51. The maximum absolute atomic E-state index is 12.9. The van der Waals surface area contributed by atoms with Gasteiger partial charge in [-0.1, -0.05) is 97.2 Å². The number of carbonyl (C=O) groups excluding carboxylic acids is 1. The number of aromatic nitrogens is 3. The summed E-state index contributed by atoms with van der Waals surface area (Å²) in [5.74, 6) is 1.12. The Morgan fingerprint density at radius 2 is 1.72 bits per heavy atom. The van der Waals surface area contributed by atoms with Gasteiger partial charge in [0.25, 0.3) is 5.91 Å². The lowest BCUT2D eigenvalue weighted by atomic mass is 10.1. The van der Waals surface area contributed by atoms with Crippen molar-refractivity contribution in [2.75, 3.05) is 0 Å². The topological polar surface area (TPSA) is 59.8 Å². The van der Waals surface area contributed by atoms with Gasteiger partial charge in [0.05, 0.1) is 17.3 Å². The zero-order valence-corrected chi connectivity index (χ0v) is 22.4. The van der Waals surface area contributed by atoms with Gasteiger partial charge in [-0.15, -0.1) is 10.2 Å². The van der Waals surface area contributed by atoms with E-state index in [4.69, 9.17) is 23.2 Å². The molecule has 5 nitrogen and oxygen atoms in total. The van der Waals surface area contributed by atoms with Gasteiger partial charge in [-0.3, -0.25) is 9.36 Å². The van der Waals surface area contributed by atoms with E-state index >= 15 is 0 Å². The van der Waals surface area contributed by atoms with Crippen LogP contribution >= 0.6 is 35.0 Å². The minimum atomic E-state index is -0.166. The molecule has 0 atom stereocenters. The zero-order chi connectivity index (χ0) is 25.3. The first kappa shape index (κ1) is 26.3. The molecule has 186 valence electrons. The van der Waals surface area contributed by atoms with Crippen molar-refractivity contribution < 1.29 is 4.79 Å². The molecule has 0 unspecified atom stereocenters. The molecule has 0 radical (unpaired) electrons. The van der Waals surface area contributed by atoms with Gasteiger partial charge in [0, 0.05) is 16.3 Å². The van der Waals surface area contributed by atoms with Crippen LogP contribution < -0.4 is 5.32 Å². The van der Waals surface area contributed by atoms with Gasteiger partial charge < -0.3 is 5.32 Å². The van der Waals surface area contributed by atoms with Gasteiger partial charge in [-0.05, 0) is 54.3 Å². The summed E-state index contributed by atoms with van der Waals surface area (Å²) < 4.78 is 1.86. The molecular weight excluding hydrogens is 511 g/mol. The first-order chi connectivity index (χ1) is 17.5. The molecule has 0 fully saturated rings. The molecule has 1 heterocycles. The predicted molar refractivity (Wildman–Crippen MR) is 148 cm³/mol. The van der Waals surface area contributed by atoms with Crippen LogP contribution in [0.25, 0.3) is 5.69 Å². The Kier molecular flexibility index (Phi) is 9.45. The van der Waals surface area contributed by atoms with Crippen molar-refractivity contribution in [3.8, 4) is 5.69 Å². The minimum Gasteiger partial charge on any atom is -0.345 e. The highest BCUT2D eigenvalue weighted by Gasteiger charge is 2.18. The number of aryl methyl sites for hydroxylation is 1. The number of nitrogens with zero attached hydrogens (tertiary/aromatic N) is 3.